The molecule has 2 unspecified atom stereocenters. The van der Waals surface area contributed by atoms with Gasteiger partial charge in [0, 0.05) is 25.2 Å². The van der Waals surface area contributed by atoms with E-state index in [2.05, 4.69) is 58.2 Å². The molecule has 0 bridgehead atoms. The van der Waals surface area contributed by atoms with Crippen molar-refractivity contribution in [3.05, 3.63) is 0 Å². The van der Waals surface area contributed by atoms with Gasteiger partial charge in [0.1, 0.15) is 0 Å². The van der Waals surface area contributed by atoms with Crippen LogP contribution in [0.2, 0.25) is 0 Å². The van der Waals surface area contributed by atoms with Crippen molar-refractivity contribution in [1.29, 1.82) is 0 Å². The van der Waals surface area contributed by atoms with E-state index in [1.54, 1.807) is 0 Å². The van der Waals surface area contributed by atoms with Crippen molar-refractivity contribution in [2.45, 2.75) is 71.9 Å². The Hall–Kier alpha value is -1.59. The second-order valence-corrected chi connectivity index (χ2v) is 6.24. The lowest BCUT2D eigenvalue weighted by atomic mass is 10.1. The maximum atomic E-state index is 4.63. The van der Waals surface area contributed by atoms with E-state index >= 15 is 0 Å². The zero-order valence-electron chi connectivity index (χ0n) is 14.4. The van der Waals surface area contributed by atoms with Crippen molar-refractivity contribution >= 4 is 17.8 Å². The average molecular weight is 306 g/mol. The summed E-state index contributed by atoms with van der Waals surface area (Å²) in [5, 5.41) is 6.75. The maximum Gasteiger partial charge on any atom is 0.231 e. The molecule has 2 atom stereocenters. The van der Waals surface area contributed by atoms with Crippen molar-refractivity contribution in [1.82, 2.24) is 15.0 Å². The van der Waals surface area contributed by atoms with Gasteiger partial charge in [-0.05, 0) is 46.0 Å². The van der Waals surface area contributed by atoms with E-state index in [1.165, 1.54) is 19.3 Å². The van der Waals surface area contributed by atoms with Gasteiger partial charge in [-0.1, -0.05) is 13.8 Å². The van der Waals surface area contributed by atoms with Gasteiger partial charge < -0.3 is 15.5 Å². The zero-order valence-corrected chi connectivity index (χ0v) is 14.4. The highest BCUT2D eigenvalue weighted by Gasteiger charge is 2.17. The SMILES string of the molecule is CCC(C)Nc1nc(NC(C)CC)nc(N2CCCCC2)n1. The molecule has 1 aromatic rings. The van der Waals surface area contributed by atoms with Crippen molar-refractivity contribution in [3.8, 4) is 0 Å². The average Bonchev–Trinajstić information content (AvgIpc) is 2.55. The Morgan fingerprint density at radius 1 is 0.864 bits per heavy atom. The zero-order chi connectivity index (χ0) is 15.9. The Bertz CT molecular complexity index is 428. The fraction of sp³-hybridized carbons (Fsp3) is 0.812. The Morgan fingerprint density at radius 3 is 1.82 bits per heavy atom. The summed E-state index contributed by atoms with van der Waals surface area (Å²) in [4.78, 5) is 16.1. The van der Waals surface area contributed by atoms with Gasteiger partial charge in [-0.25, -0.2) is 0 Å². The minimum absolute atomic E-state index is 0.355. The number of nitrogens with one attached hydrogen (secondary N) is 2. The highest BCUT2D eigenvalue weighted by Crippen LogP contribution is 2.19. The molecule has 1 fully saturated rings. The predicted molar refractivity (Wildman–Crippen MR) is 92.6 cm³/mol. The van der Waals surface area contributed by atoms with E-state index in [0.717, 1.165) is 31.9 Å². The lowest BCUT2D eigenvalue weighted by Crippen LogP contribution is -2.32. The van der Waals surface area contributed by atoms with Crippen LogP contribution in [0.25, 0.3) is 0 Å². The molecule has 1 aliphatic heterocycles. The Balaban J connectivity index is 2.22. The van der Waals surface area contributed by atoms with Crippen molar-refractivity contribution in [3.63, 3.8) is 0 Å². The number of rotatable bonds is 7. The quantitative estimate of drug-likeness (QED) is 0.806. The number of hydrogen-bond donors (Lipinski definition) is 2. The van der Waals surface area contributed by atoms with Crippen LogP contribution < -0.4 is 15.5 Å². The lowest BCUT2D eigenvalue weighted by molar-refractivity contribution is 0.567. The standard InChI is InChI=1S/C16H30N6/c1-5-12(3)17-14-19-15(18-13(4)6-2)21-16(20-14)22-10-8-7-9-11-22/h12-13H,5-11H2,1-4H3,(H2,17,18,19,20,21). The molecule has 0 amide bonds. The summed E-state index contributed by atoms with van der Waals surface area (Å²) in [5.74, 6) is 2.15. The molecule has 2 N–H and O–H groups in total. The van der Waals surface area contributed by atoms with Crippen LogP contribution in [-0.2, 0) is 0 Å². The van der Waals surface area contributed by atoms with Crippen LogP contribution in [0.1, 0.15) is 59.8 Å². The highest BCUT2D eigenvalue weighted by molar-refractivity contribution is 5.44. The molecule has 1 aromatic heterocycles. The second-order valence-electron chi connectivity index (χ2n) is 6.24. The summed E-state index contributed by atoms with van der Waals surface area (Å²) in [5.41, 5.74) is 0. The molecule has 0 radical (unpaired) electrons. The summed E-state index contributed by atoms with van der Waals surface area (Å²) < 4.78 is 0. The van der Waals surface area contributed by atoms with Gasteiger partial charge in [-0.3, -0.25) is 0 Å². The fourth-order valence-corrected chi connectivity index (χ4v) is 2.37. The van der Waals surface area contributed by atoms with Crippen LogP contribution in [0, 0.1) is 0 Å². The summed E-state index contributed by atoms with van der Waals surface area (Å²) in [6.07, 6.45) is 5.82. The van der Waals surface area contributed by atoms with Gasteiger partial charge in [0.25, 0.3) is 0 Å². The normalized spacial score (nSPS) is 17.9. The first kappa shape index (κ1) is 16.8. The number of nitrogens with zero attached hydrogens (tertiary/aromatic N) is 4. The molecule has 124 valence electrons. The first-order valence-electron chi connectivity index (χ1n) is 8.66. The summed E-state index contributed by atoms with van der Waals surface area (Å²) in [7, 11) is 0. The molecular weight excluding hydrogens is 276 g/mol. The van der Waals surface area contributed by atoms with Crippen LogP contribution in [0.3, 0.4) is 0 Å². The van der Waals surface area contributed by atoms with Crippen LogP contribution >= 0.6 is 0 Å². The van der Waals surface area contributed by atoms with Crippen LogP contribution in [0.5, 0.6) is 0 Å². The molecule has 1 aliphatic rings. The van der Waals surface area contributed by atoms with E-state index in [0.29, 0.717) is 24.0 Å². The fourth-order valence-electron chi connectivity index (χ4n) is 2.37. The van der Waals surface area contributed by atoms with Gasteiger partial charge >= 0.3 is 0 Å². The molecule has 0 saturated carbocycles. The summed E-state index contributed by atoms with van der Waals surface area (Å²) in [6.45, 7) is 10.7. The monoisotopic (exact) mass is 306 g/mol. The topological polar surface area (TPSA) is 66.0 Å². The molecule has 22 heavy (non-hydrogen) atoms. The number of aromatic nitrogens is 3. The third-order valence-electron chi connectivity index (χ3n) is 4.24. The molecule has 6 nitrogen and oxygen atoms in total. The third kappa shape index (κ3) is 4.71. The molecule has 1 saturated heterocycles. The second kappa shape index (κ2) is 8.15. The van der Waals surface area contributed by atoms with Crippen molar-refractivity contribution in [2.75, 3.05) is 28.6 Å². The van der Waals surface area contributed by atoms with Crippen LogP contribution in [-0.4, -0.2) is 40.1 Å². The van der Waals surface area contributed by atoms with Gasteiger partial charge in [0.2, 0.25) is 17.8 Å². The van der Waals surface area contributed by atoms with Gasteiger partial charge in [-0.15, -0.1) is 0 Å². The van der Waals surface area contributed by atoms with Gasteiger partial charge in [-0.2, -0.15) is 15.0 Å². The Morgan fingerprint density at radius 2 is 1.36 bits per heavy atom. The number of hydrogen-bond acceptors (Lipinski definition) is 6. The first-order valence-corrected chi connectivity index (χ1v) is 8.66. The van der Waals surface area contributed by atoms with E-state index in [4.69, 9.17) is 0 Å². The molecule has 2 rings (SSSR count). The van der Waals surface area contributed by atoms with Crippen LogP contribution in [0.4, 0.5) is 17.8 Å². The van der Waals surface area contributed by atoms with Gasteiger partial charge in [0.05, 0.1) is 0 Å². The van der Waals surface area contributed by atoms with E-state index in [1.807, 2.05) is 0 Å². The lowest BCUT2D eigenvalue weighted by Gasteiger charge is -2.27. The first-order chi connectivity index (χ1) is 10.6. The maximum absolute atomic E-state index is 4.63. The highest BCUT2D eigenvalue weighted by atomic mass is 15.3. The van der Waals surface area contributed by atoms with E-state index in [9.17, 15) is 0 Å². The molecule has 0 spiro atoms. The summed E-state index contributed by atoms with van der Waals surface area (Å²) in [6, 6.07) is 0.709. The summed E-state index contributed by atoms with van der Waals surface area (Å²) >= 11 is 0. The molecule has 0 aromatic carbocycles. The molecule has 2 heterocycles. The minimum atomic E-state index is 0.355. The van der Waals surface area contributed by atoms with Crippen LogP contribution in [0.15, 0.2) is 0 Å². The Labute approximate surface area is 134 Å². The van der Waals surface area contributed by atoms with Gasteiger partial charge in [0.15, 0.2) is 0 Å². The Kier molecular flexibility index (Phi) is 6.21. The predicted octanol–water partition coefficient (Wildman–Crippen LogP) is 3.28. The smallest absolute Gasteiger partial charge is 0.231 e. The third-order valence-corrected chi connectivity index (χ3v) is 4.24. The largest absolute Gasteiger partial charge is 0.352 e. The molecule has 0 aliphatic carbocycles. The molecule has 6 heteroatoms. The minimum Gasteiger partial charge on any atom is -0.352 e. The molecular formula is C16H30N6. The number of piperidine rings is 1. The van der Waals surface area contributed by atoms with Crippen molar-refractivity contribution < 1.29 is 0 Å². The van der Waals surface area contributed by atoms with E-state index in [-0.39, 0.29) is 0 Å². The van der Waals surface area contributed by atoms with E-state index < -0.39 is 0 Å². The number of anilines is 3. The van der Waals surface area contributed by atoms with Crippen molar-refractivity contribution in [2.24, 2.45) is 0 Å².